The topological polar surface area (TPSA) is 140 Å². The molecule has 0 fully saturated rings. The predicted octanol–water partition coefficient (Wildman–Crippen LogP) is 6.67. The Labute approximate surface area is 222 Å². The summed E-state index contributed by atoms with van der Waals surface area (Å²) in [5, 5.41) is 25.3. The van der Waals surface area contributed by atoms with E-state index in [-0.39, 0.29) is 23.2 Å². The molecular formula is C24H13Cl2N5O5S. The van der Waals surface area contributed by atoms with Gasteiger partial charge in [0.2, 0.25) is 5.89 Å². The van der Waals surface area contributed by atoms with Crippen LogP contribution in [0, 0.1) is 10.1 Å². The van der Waals surface area contributed by atoms with Gasteiger partial charge in [0.1, 0.15) is 4.88 Å². The molecule has 2 aromatic heterocycles. The van der Waals surface area contributed by atoms with E-state index in [0.717, 1.165) is 10.1 Å². The summed E-state index contributed by atoms with van der Waals surface area (Å²) in [6.07, 6.45) is 0. The van der Waals surface area contributed by atoms with Gasteiger partial charge in [-0.25, -0.2) is 0 Å². The highest BCUT2D eigenvalue weighted by Gasteiger charge is 2.19. The number of nitro benzene ring substituents is 1. The van der Waals surface area contributed by atoms with Gasteiger partial charge in [-0.15, -0.1) is 16.4 Å². The minimum atomic E-state index is -0.551. The zero-order chi connectivity index (χ0) is 26.1. The van der Waals surface area contributed by atoms with E-state index in [4.69, 9.17) is 27.6 Å². The van der Waals surface area contributed by atoms with Crippen LogP contribution in [0.25, 0.3) is 21.5 Å². The Kier molecular flexibility index (Phi) is 6.57. The maximum absolute atomic E-state index is 12.9. The summed E-state index contributed by atoms with van der Waals surface area (Å²) in [6, 6.07) is 16.8. The average molecular weight is 554 g/mol. The number of hydrogen-bond donors (Lipinski definition) is 2. The van der Waals surface area contributed by atoms with Crippen LogP contribution in [0.4, 0.5) is 17.4 Å². The third-order valence-electron chi connectivity index (χ3n) is 5.15. The highest BCUT2D eigenvalue weighted by atomic mass is 35.5. The number of halogens is 2. The summed E-state index contributed by atoms with van der Waals surface area (Å²) in [7, 11) is 0. The SMILES string of the molecule is O=C(Nc1nnc(-c2ccc([N+](=O)[O-])cc2)o1)c1cccc(NC(=O)c2sc3cc(Cl)ccc3c2Cl)c1. The Bertz CT molecular complexity index is 1680. The van der Waals surface area contributed by atoms with E-state index in [1.165, 1.54) is 41.7 Å². The van der Waals surface area contributed by atoms with Gasteiger partial charge in [-0.3, -0.25) is 25.0 Å². The average Bonchev–Trinajstić information content (AvgIpc) is 3.48. The van der Waals surface area contributed by atoms with E-state index >= 15 is 0 Å². The van der Waals surface area contributed by atoms with Crippen LogP contribution in [-0.2, 0) is 0 Å². The van der Waals surface area contributed by atoms with Crippen molar-refractivity contribution in [2.75, 3.05) is 10.6 Å². The monoisotopic (exact) mass is 553 g/mol. The zero-order valence-corrected chi connectivity index (χ0v) is 20.7. The Morgan fingerprint density at radius 2 is 1.73 bits per heavy atom. The number of non-ortho nitro benzene ring substituents is 1. The number of amides is 2. The van der Waals surface area contributed by atoms with Gasteiger partial charge in [0, 0.05) is 44.1 Å². The van der Waals surface area contributed by atoms with E-state index in [9.17, 15) is 19.7 Å². The Hall–Kier alpha value is -4.32. The van der Waals surface area contributed by atoms with E-state index in [1.807, 2.05) is 0 Å². The molecule has 2 heterocycles. The number of hydrogen-bond acceptors (Lipinski definition) is 8. The standard InChI is InChI=1S/C24H13Cl2N5O5S/c25-14-6-9-17-18(11-14)37-20(19(17)26)22(33)27-15-3-1-2-13(10-15)21(32)28-24-30-29-23(36-24)12-4-7-16(8-5-12)31(34)35/h1-11H,(H,27,33)(H,28,30,32). The first-order chi connectivity index (χ1) is 17.8. The molecule has 0 atom stereocenters. The van der Waals surface area contributed by atoms with Gasteiger partial charge in [-0.1, -0.05) is 40.4 Å². The van der Waals surface area contributed by atoms with Crippen LogP contribution in [0.3, 0.4) is 0 Å². The molecule has 0 spiro atoms. The number of anilines is 2. The Balaban J connectivity index is 1.28. The maximum atomic E-state index is 12.9. The van der Waals surface area contributed by atoms with Gasteiger partial charge in [0.05, 0.1) is 9.95 Å². The third kappa shape index (κ3) is 5.14. The van der Waals surface area contributed by atoms with E-state index in [1.54, 1.807) is 36.4 Å². The van der Waals surface area contributed by atoms with Crippen molar-refractivity contribution in [3.8, 4) is 11.5 Å². The van der Waals surface area contributed by atoms with Crippen LogP contribution >= 0.6 is 34.5 Å². The molecule has 0 aliphatic carbocycles. The lowest BCUT2D eigenvalue weighted by molar-refractivity contribution is -0.384. The van der Waals surface area contributed by atoms with Gasteiger partial charge >= 0.3 is 6.01 Å². The van der Waals surface area contributed by atoms with Gasteiger partial charge in [0.15, 0.2) is 0 Å². The van der Waals surface area contributed by atoms with Crippen molar-refractivity contribution in [1.29, 1.82) is 0 Å². The smallest absolute Gasteiger partial charge is 0.322 e. The highest BCUT2D eigenvalue weighted by molar-refractivity contribution is 7.21. The molecule has 0 radical (unpaired) electrons. The van der Waals surface area contributed by atoms with Crippen molar-refractivity contribution in [2.24, 2.45) is 0 Å². The fraction of sp³-hybridized carbons (Fsp3) is 0. The summed E-state index contributed by atoms with van der Waals surface area (Å²) >= 11 is 13.6. The van der Waals surface area contributed by atoms with E-state index in [2.05, 4.69) is 20.8 Å². The first-order valence-electron chi connectivity index (χ1n) is 10.5. The third-order valence-corrected chi connectivity index (χ3v) is 7.04. The number of thiophene rings is 1. The van der Waals surface area contributed by atoms with Crippen LogP contribution in [0.2, 0.25) is 10.0 Å². The van der Waals surface area contributed by atoms with E-state index in [0.29, 0.717) is 26.2 Å². The number of nitrogens with one attached hydrogen (secondary N) is 2. The molecule has 0 saturated heterocycles. The second-order valence-electron chi connectivity index (χ2n) is 7.59. The molecule has 0 unspecified atom stereocenters. The summed E-state index contributed by atoms with van der Waals surface area (Å²) in [4.78, 5) is 36.2. The van der Waals surface area contributed by atoms with Gasteiger partial charge < -0.3 is 9.73 Å². The first kappa shape index (κ1) is 24.4. The first-order valence-corrected chi connectivity index (χ1v) is 12.0. The second-order valence-corrected chi connectivity index (χ2v) is 9.46. The maximum Gasteiger partial charge on any atom is 0.322 e. The fourth-order valence-electron chi connectivity index (χ4n) is 3.40. The van der Waals surface area contributed by atoms with Gasteiger partial charge in [0.25, 0.3) is 17.5 Å². The largest absolute Gasteiger partial charge is 0.403 e. The molecule has 0 aliphatic heterocycles. The molecule has 0 bridgehead atoms. The lowest BCUT2D eigenvalue weighted by atomic mass is 10.2. The Morgan fingerprint density at radius 3 is 2.49 bits per heavy atom. The molecule has 3 aromatic carbocycles. The summed E-state index contributed by atoms with van der Waals surface area (Å²) < 4.78 is 6.23. The molecular weight excluding hydrogens is 541 g/mol. The summed E-state index contributed by atoms with van der Waals surface area (Å²) in [5.74, 6) is -0.901. The highest BCUT2D eigenvalue weighted by Crippen LogP contribution is 2.37. The molecule has 2 amide bonds. The summed E-state index contributed by atoms with van der Waals surface area (Å²) in [5.41, 5.74) is 0.969. The van der Waals surface area contributed by atoms with Crippen molar-refractivity contribution in [1.82, 2.24) is 10.2 Å². The van der Waals surface area contributed by atoms with Crippen LogP contribution in [0.15, 0.2) is 71.1 Å². The number of rotatable bonds is 6. The normalized spacial score (nSPS) is 10.9. The Morgan fingerprint density at radius 1 is 0.946 bits per heavy atom. The predicted molar refractivity (Wildman–Crippen MR) is 141 cm³/mol. The van der Waals surface area contributed by atoms with Crippen molar-refractivity contribution in [2.45, 2.75) is 0 Å². The van der Waals surface area contributed by atoms with Gasteiger partial charge in [-0.2, -0.15) is 0 Å². The zero-order valence-electron chi connectivity index (χ0n) is 18.4. The van der Waals surface area contributed by atoms with Crippen LogP contribution in [0.1, 0.15) is 20.0 Å². The lowest BCUT2D eigenvalue weighted by Gasteiger charge is -2.06. The van der Waals surface area contributed by atoms with Crippen molar-refractivity contribution >= 4 is 73.8 Å². The molecule has 2 N–H and O–H groups in total. The quantitative estimate of drug-likeness (QED) is 0.176. The second kappa shape index (κ2) is 9.97. The molecule has 37 heavy (non-hydrogen) atoms. The van der Waals surface area contributed by atoms with Gasteiger partial charge in [-0.05, 0) is 42.5 Å². The molecule has 184 valence electrons. The number of carbonyl (C=O) groups is 2. The number of carbonyl (C=O) groups excluding carboxylic acids is 2. The van der Waals surface area contributed by atoms with Crippen molar-refractivity contribution in [3.63, 3.8) is 0 Å². The van der Waals surface area contributed by atoms with Crippen molar-refractivity contribution in [3.05, 3.63) is 97.3 Å². The molecule has 10 nitrogen and oxygen atoms in total. The van der Waals surface area contributed by atoms with Crippen LogP contribution in [0.5, 0.6) is 0 Å². The van der Waals surface area contributed by atoms with Crippen molar-refractivity contribution < 1.29 is 18.9 Å². The molecule has 13 heteroatoms. The lowest BCUT2D eigenvalue weighted by Crippen LogP contribution is -2.14. The number of nitrogens with zero attached hydrogens (tertiary/aromatic N) is 3. The fourth-order valence-corrected chi connectivity index (χ4v) is 5.08. The molecule has 0 saturated carbocycles. The van der Waals surface area contributed by atoms with Crippen LogP contribution < -0.4 is 10.6 Å². The minimum Gasteiger partial charge on any atom is -0.403 e. The number of fused-ring (bicyclic) bond motifs is 1. The minimum absolute atomic E-state index is 0.0766. The van der Waals surface area contributed by atoms with E-state index < -0.39 is 16.7 Å². The molecule has 5 rings (SSSR count). The number of nitro groups is 1. The van der Waals surface area contributed by atoms with Crippen LogP contribution in [-0.4, -0.2) is 26.9 Å². The summed E-state index contributed by atoms with van der Waals surface area (Å²) in [6.45, 7) is 0. The number of benzene rings is 3. The molecule has 5 aromatic rings. The number of aromatic nitrogens is 2. The molecule has 0 aliphatic rings.